The second kappa shape index (κ2) is 7.25. The van der Waals surface area contributed by atoms with Gasteiger partial charge in [0.1, 0.15) is 5.82 Å². The SMILES string of the molecule is CCC1CCCC(NCc2ccc(F)c(Cl)c2)CC1. The molecule has 106 valence electrons. The van der Waals surface area contributed by atoms with Crippen molar-refractivity contribution in [1.29, 1.82) is 0 Å². The van der Waals surface area contributed by atoms with Crippen LogP contribution in [0.2, 0.25) is 5.02 Å². The van der Waals surface area contributed by atoms with Crippen molar-refractivity contribution in [3.05, 3.63) is 34.6 Å². The third-order valence-electron chi connectivity index (χ3n) is 4.24. The van der Waals surface area contributed by atoms with E-state index < -0.39 is 0 Å². The first-order valence-electron chi connectivity index (χ1n) is 7.36. The van der Waals surface area contributed by atoms with Crippen molar-refractivity contribution in [1.82, 2.24) is 5.32 Å². The average Bonchev–Trinajstić information content (AvgIpc) is 2.65. The topological polar surface area (TPSA) is 12.0 Å². The molecule has 0 heterocycles. The minimum Gasteiger partial charge on any atom is -0.310 e. The van der Waals surface area contributed by atoms with E-state index in [1.807, 2.05) is 0 Å². The average molecular weight is 284 g/mol. The van der Waals surface area contributed by atoms with Gasteiger partial charge >= 0.3 is 0 Å². The van der Waals surface area contributed by atoms with Crippen LogP contribution in [0.5, 0.6) is 0 Å². The number of halogens is 2. The summed E-state index contributed by atoms with van der Waals surface area (Å²) in [5, 5.41) is 3.80. The van der Waals surface area contributed by atoms with Gasteiger partial charge in [0.15, 0.2) is 0 Å². The lowest BCUT2D eigenvalue weighted by Crippen LogP contribution is -2.28. The highest BCUT2D eigenvalue weighted by Gasteiger charge is 2.17. The van der Waals surface area contributed by atoms with Crippen LogP contribution in [0.4, 0.5) is 4.39 Å². The lowest BCUT2D eigenvalue weighted by Gasteiger charge is -2.17. The third-order valence-corrected chi connectivity index (χ3v) is 4.53. The van der Waals surface area contributed by atoms with Crippen LogP contribution >= 0.6 is 11.6 Å². The van der Waals surface area contributed by atoms with Gasteiger partial charge in [-0.15, -0.1) is 0 Å². The molecule has 1 nitrogen and oxygen atoms in total. The summed E-state index contributed by atoms with van der Waals surface area (Å²) >= 11 is 5.80. The Labute approximate surface area is 120 Å². The maximum Gasteiger partial charge on any atom is 0.141 e. The fraction of sp³-hybridized carbons (Fsp3) is 0.625. The number of benzene rings is 1. The van der Waals surface area contributed by atoms with Crippen molar-refractivity contribution >= 4 is 11.6 Å². The molecule has 0 radical (unpaired) electrons. The molecule has 0 saturated heterocycles. The van der Waals surface area contributed by atoms with Gasteiger partial charge < -0.3 is 5.32 Å². The second-order valence-corrected chi connectivity index (χ2v) is 6.02. The summed E-state index contributed by atoms with van der Waals surface area (Å²) in [6.07, 6.45) is 7.84. The number of rotatable bonds is 4. The van der Waals surface area contributed by atoms with Crippen molar-refractivity contribution in [3.8, 4) is 0 Å². The van der Waals surface area contributed by atoms with E-state index >= 15 is 0 Å². The highest BCUT2D eigenvalue weighted by atomic mass is 35.5. The predicted octanol–water partition coefficient (Wildman–Crippen LogP) is 4.93. The molecule has 0 amide bonds. The van der Waals surface area contributed by atoms with Crippen LogP contribution in [-0.4, -0.2) is 6.04 Å². The van der Waals surface area contributed by atoms with Gasteiger partial charge in [0.2, 0.25) is 0 Å². The highest BCUT2D eigenvalue weighted by molar-refractivity contribution is 6.30. The van der Waals surface area contributed by atoms with E-state index in [9.17, 15) is 4.39 Å². The van der Waals surface area contributed by atoms with E-state index in [-0.39, 0.29) is 10.8 Å². The van der Waals surface area contributed by atoms with E-state index in [0.29, 0.717) is 6.04 Å². The van der Waals surface area contributed by atoms with E-state index in [1.165, 1.54) is 44.6 Å². The number of nitrogens with one attached hydrogen (secondary N) is 1. The molecule has 1 aromatic rings. The summed E-state index contributed by atoms with van der Waals surface area (Å²) in [6.45, 7) is 3.07. The zero-order chi connectivity index (χ0) is 13.7. The molecule has 1 aliphatic carbocycles. The summed E-state index contributed by atoms with van der Waals surface area (Å²) < 4.78 is 13.1. The van der Waals surface area contributed by atoms with Crippen molar-refractivity contribution in [2.75, 3.05) is 0 Å². The quantitative estimate of drug-likeness (QED) is 0.773. The standard InChI is InChI=1S/C16H23ClFN/c1-2-12-4-3-5-14(8-6-12)19-11-13-7-9-16(18)15(17)10-13/h7,9-10,12,14,19H,2-6,8,11H2,1H3. The van der Waals surface area contributed by atoms with E-state index in [1.54, 1.807) is 12.1 Å². The molecule has 0 aromatic heterocycles. The fourth-order valence-corrected chi connectivity index (χ4v) is 3.11. The van der Waals surface area contributed by atoms with Crippen LogP contribution in [0.15, 0.2) is 18.2 Å². The lowest BCUT2D eigenvalue weighted by atomic mass is 9.98. The number of hydrogen-bond donors (Lipinski definition) is 1. The van der Waals surface area contributed by atoms with Crippen LogP contribution in [0.3, 0.4) is 0 Å². The summed E-state index contributed by atoms with van der Waals surface area (Å²) in [5.41, 5.74) is 1.06. The molecule has 1 aliphatic rings. The molecule has 0 aliphatic heterocycles. The van der Waals surface area contributed by atoms with Crippen molar-refractivity contribution in [3.63, 3.8) is 0 Å². The molecule has 0 bridgehead atoms. The van der Waals surface area contributed by atoms with Gasteiger partial charge in [-0.1, -0.05) is 43.9 Å². The van der Waals surface area contributed by atoms with E-state index in [0.717, 1.165) is 18.0 Å². The molecule has 1 saturated carbocycles. The molecule has 2 unspecified atom stereocenters. The smallest absolute Gasteiger partial charge is 0.141 e. The normalized spacial score (nSPS) is 24.2. The van der Waals surface area contributed by atoms with Crippen LogP contribution in [0.1, 0.15) is 51.0 Å². The molecule has 1 N–H and O–H groups in total. The Balaban J connectivity index is 1.83. The summed E-state index contributed by atoms with van der Waals surface area (Å²) in [6, 6.07) is 5.56. The van der Waals surface area contributed by atoms with E-state index in [4.69, 9.17) is 11.6 Å². The minimum atomic E-state index is -0.342. The molecular formula is C16H23ClFN. The second-order valence-electron chi connectivity index (χ2n) is 5.61. The van der Waals surface area contributed by atoms with Crippen LogP contribution < -0.4 is 5.32 Å². The van der Waals surface area contributed by atoms with Crippen molar-refractivity contribution in [2.45, 2.75) is 58.0 Å². The molecule has 0 spiro atoms. The Bertz CT molecular complexity index is 408. The van der Waals surface area contributed by atoms with Gasteiger partial charge in [0.05, 0.1) is 5.02 Å². The first-order valence-corrected chi connectivity index (χ1v) is 7.74. The van der Waals surface area contributed by atoms with Gasteiger partial charge in [-0.05, 0) is 42.9 Å². The molecule has 1 fully saturated rings. The summed E-state index contributed by atoms with van der Waals surface area (Å²) in [5.74, 6) is 0.567. The molecular weight excluding hydrogens is 261 g/mol. The molecule has 2 rings (SSSR count). The van der Waals surface area contributed by atoms with Crippen LogP contribution in [0.25, 0.3) is 0 Å². The Morgan fingerprint density at radius 3 is 2.84 bits per heavy atom. The molecule has 2 atom stereocenters. The Morgan fingerprint density at radius 2 is 2.11 bits per heavy atom. The van der Waals surface area contributed by atoms with Crippen molar-refractivity contribution in [2.24, 2.45) is 5.92 Å². The zero-order valence-electron chi connectivity index (χ0n) is 11.6. The lowest BCUT2D eigenvalue weighted by molar-refractivity contribution is 0.425. The van der Waals surface area contributed by atoms with Gasteiger partial charge in [-0.3, -0.25) is 0 Å². The predicted molar refractivity (Wildman–Crippen MR) is 78.9 cm³/mol. The third kappa shape index (κ3) is 4.47. The first kappa shape index (κ1) is 14.8. The first-order chi connectivity index (χ1) is 9.19. The zero-order valence-corrected chi connectivity index (χ0v) is 12.3. The van der Waals surface area contributed by atoms with Crippen LogP contribution in [0, 0.1) is 11.7 Å². The Kier molecular flexibility index (Phi) is 5.65. The van der Waals surface area contributed by atoms with Gasteiger partial charge in [-0.2, -0.15) is 0 Å². The Morgan fingerprint density at radius 1 is 1.26 bits per heavy atom. The largest absolute Gasteiger partial charge is 0.310 e. The monoisotopic (exact) mass is 283 g/mol. The van der Waals surface area contributed by atoms with Gasteiger partial charge in [0.25, 0.3) is 0 Å². The maximum absolute atomic E-state index is 13.1. The van der Waals surface area contributed by atoms with Gasteiger partial charge in [-0.25, -0.2) is 4.39 Å². The van der Waals surface area contributed by atoms with Gasteiger partial charge in [0, 0.05) is 12.6 Å². The highest BCUT2D eigenvalue weighted by Crippen LogP contribution is 2.25. The summed E-state index contributed by atoms with van der Waals surface area (Å²) in [4.78, 5) is 0. The number of hydrogen-bond acceptors (Lipinski definition) is 1. The molecule has 3 heteroatoms. The van der Waals surface area contributed by atoms with Crippen molar-refractivity contribution < 1.29 is 4.39 Å². The fourth-order valence-electron chi connectivity index (χ4n) is 2.90. The maximum atomic E-state index is 13.1. The Hall–Kier alpha value is -0.600. The van der Waals surface area contributed by atoms with E-state index in [2.05, 4.69) is 12.2 Å². The summed E-state index contributed by atoms with van der Waals surface area (Å²) in [7, 11) is 0. The minimum absolute atomic E-state index is 0.214. The van der Waals surface area contributed by atoms with Crippen LogP contribution in [-0.2, 0) is 6.54 Å². The molecule has 19 heavy (non-hydrogen) atoms. The molecule has 1 aromatic carbocycles.